The standard InChI is InChI=1S/C17H22ClF2N5O/c1-12(11-25-7-3-6-24-25)9-22-17(21-2)23-10-13-8-14(18)4-5-15(13)26-16(19)20/h3-8,12,16H,9-11H2,1-2H3,(H2,21,22,23). The number of ether oxygens (including phenoxy) is 1. The Hall–Kier alpha value is -2.35. The summed E-state index contributed by atoms with van der Waals surface area (Å²) in [4.78, 5) is 4.14. The number of halogens is 3. The van der Waals surface area contributed by atoms with Crippen LogP contribution in [-0.2, 0) is 13.1 Å². The Morgan fingerprint density at radius 3 is 2.85 bits per heavy atom. The van der Waals surface area contributed by atoms with E-state index >= 15 is 0 Å². The Kier molecular flexibility index (Phi) is 7.65. The van der Waals surface area contributed by atoms with Crippen LogP contribution in [0.15, 0.2) is 41.7 Å². The van der Waals surface area contributed by atoms with Gasteiger partial charge in [-0.3, -0.25) is 9.67 Å². The molecule has 26 heavy (non-hydrogen) atoms. The number of hydrogen-bond donors (Lipinski definition) is 2. The van der Waals surface area contributed by atoms with E-state index in [0.29, 0.717) is 29.0 Å². The van der Waals surface area contributed by atoms with Crippen molar-refractivity contribution in [1.82, 2.24) is 20.4 Å². The first kappa shape index (κ1) is 20.0. The van der Waals surface area contributed by atoms with E-state index < -0.39 is 6.61 Å². The van der Waals surface area contributed by atoms with E-state index in [1.54, 1.807) is 19.3 Å². The Morgan fingerprint density at radius 1 is 1.38 bits per heavy atom. The third-order valence-corrected chi connectivity index (χ3v) is 3.82. The van der Waals surface area contributed by atoms with E-state index in [4.69, 9.17) is 11.6 Å². The Bertz CT molecular complexity index is 709. The fourth-order valence-electron chi connectivity index (χ4n) is 2.36. The summed E-state index contributed by atoms with van der Waals surface area (Å²) in [5, 5.41) is 10.9. The molecule has 0 amide bonds. The maximum Gasteiger partial charge on any atom is 0.387 e. The molecule has 6 nitrogen and oxygen atoms in total. The molecular formula is C17H22ClF2N5O. The van der Waals surface area contributed by atoms with Gasteiger partial charge in [-0.1, -0.05) is 18.5 Å². The fraction of sp³-hybridized carbons (Fsp3) is 0.412. The minimum atomic E-state index is -2.89. The summed E-state index contributed by atoms with van der Waals surface area (Å²) in [6.07, 6.45) is 3.65. The Labute approximate surface area is 156 Å². The van der Waals surface area contributed by atoms with Gasteiger partial charge in [-0.25, -0.2) is 0 Å². The van der Waals surface area contributed by atoms with Gasteiger partial charge in [-0.05, 0) is 30.2 Å². The number of alkyl halides is 2. The van der Waals surface area contributed by atoms with Gasteiger partial charge in [-0.2, -0.15) is 13.9 Å². The topological polar surface area (TPSA) is 63.5 Å². The van der Waals surface area contributed by atoms with Crippen molar-refractivity contribution in [2.24, 2.45) is 10.9 Å². The summed E-state index contributed by atoms with van der Waals surface area (Å²) in [5.41, 5.74) is 0.519. The molecule has 1 aromatic carbocycles. The van der Waals surface area contributed by atoms with Crippen LogP contribution in [0, 0.1) is 5.92 Å². The van der Waals surface area contributed by atoms with Gasteiger partial charge in [-0.15, -0.1) is 0 Å². The predicted octanol–water partition coefficient (Wildman–Crippen LogP) is 3.14. The molecule has 142 valence electrons. The molecule has 0 aliphatic rings. The van der Waals surface area contributed by atoms with Crippen LogP contribution in [-0.4, -0.2) is 35.9 Å². The number of guanidine groups is 1. The van der Waals surface area contributed by atoms with Crippen molar-refractivity contribution in [2.75, 3.05) is 13.6 Å². The van der Waals surface area contributed by atoms with E-state index in [2.05, 4.69) is 32.4 Å². The van der Waals surface area contributed by atoms with E-state index in [1.807, 2.05) is 16.9 Å². The average molecular weight is 386 g/mol. The van der Waals surface area contributed by atoms with Crippen LogP contribution in [0.25, 0.3) is 0 Å². The molecule has 0 saturated heterocycles. The van der Waals surface area contributed by atoms with Gasteiger partial charge in [0.1, 0.15) is 5.75 Å². The SMILES string of the molecule is CN=C(NCc1cc(Cl)ccc1OC(F)F)NCC(C)Cn1cccn1. The van der Waals surface area contributed by atoms with Crippen LogP contribution in [0.1, 0.15) is 12.5 Å². The van der Waals surface area contributed by atoms with E-state index in [0.717, 1.165) is 6.54 Å². The number of aromatic nitrogens is 2. The van der Waals surface area contributed by atoms with Crippen LogP contribution >= 0.6 is 11.6 Å². The number of benzene rings is 1. The highest BCUT2D eigenvalue weighted by Crippen LogP contribution is 2.24. The van der Waals surface area contributed by atoms with Gasteiger partial charge in [0.05, 0.1) is 0 Å². The lowest BCUT2D eigenvalue weighted by Crippen LogP contribution is -2.39. The monoisotopic (exact) mass is 385 g/mol. The van der Waals surface area contributed by atoms with Crippen molar-refractivity contribution in [3.05, 3.63) is 47.2 Å². The largest absolute Gasteiger partial charge is 0.434 e. The zero-order valence-electron chi connectivity index (χ0n) is 14.6. The molecule has 1 aromatic heterocycles. The van der Waals surface area contributed by atoms with Crippen molar-refractivity contribution in [3.63, 3.8) is 0 Å². The lowest BCUT2D eigenvalue weighted by Gasteiger charge is -2.17. The first-order valence-corrected chi connectivity index (χ1v) is 8.51. The molecule has 0 bridgehead atoms. The Balaban J connectivity index is 1.87. The van der Waals surface area contributed by atoms with Crippen molar-refractivity contribution >= 4 is 17.6 Å². The average Bonchev–Trinajstić information content (AvgIpc) is 3.09. The smallest absolute Gasteiger partial charge is 0.387 e. The summed E-state index contributed by atoms with van der Waals surface area (Å²) in [6.45, 7) is 0.895. The first-order chi connectivity index (χ1) is 12.5. The summed E-state index contributed by atoms with van der Waals surface area (Å²) in [5.74, 6) is 0.956. The quantitative estimate of drug-likeness (QED) is 0.541. The minimum absolute atomic E-state index is 0.0828. The molecule has 0 spiro atoms. The lowest BCUT2D eigenvalue weighted by molar-refractivity contribution is -0.0504. The van der Waals surface area contributed by atoms with Crippen molar-refractivity contribution in [2.45, 2.75) is 26.6 Å². The van der Waals surface area contributed by atoms with E-state index in [-0.39, 0.29) is 12.3 Å². The van der Waals surface area contributed by atoms with Crippen LogP contribution in [0.4, 0.5) is 8.78 Å². The normalized spacial score (nSPS) is 12.9. The van der Waals surface area contributed by atoms with Crippen LogP contribution in [0.3, 0.4) is 0 Å². The van der Waals surface area contributed by atoms with Gasteiger partial charge >= 0.3 is 6.61 Å². The molecule has 1 atom stereocenters. The summed E-state index contributed by atoms with van der Waals surface area (Å²) in [6, 6.07) is 6.39. The van der Waals surface area contributed by atoms with Crippen LogP contribution in [0.2, 0.25) is 5.02 Å². The molecule has 0 saturated carbocycles. The van der Waals surface area contributed by atoms with Gasteiger partial charge in [0.25, 0.3) is 0 Å². The maximum absolute atomic E-state index is 12.5. The first-order valence-electron chi connectivity index (χ1n) is 8.13. The molecule has 0 aliphatic heterocycles. The molecule has 2 rings (SSSR count). The molecule has 1 heterocycles. The highest BCUT2D eigenvalue weighted by atomic mass is 35.5. The molecule has 2 N–H and O–H groups in total. The van der Waals surface area contributed by atoms with E-state index in [1.165, 1.54) is 12.1 Å². The second-order valence-corrected chi connectivity index (χ2v) is 6.21. The molecule has 9 heteroatoms. The highest BCUT2D eigenvalue weighted by Gasteiger charge is 2.11. The van der Waals surface area contributed by atoms with Crippen molar-refractivity contribution < 1.29 is 13.5 Å². The maximum atomic E-state index is 12.5. The van der Waals surface area contributed by atoms with Crippen molar-refractivity contribution in [1.29, 1.82) is 0 Å². The summed E-state index contributed by atoms with van der Waals surface area (Å²) < 4.78 is 31.4. The molecular weight excluding hydrogens is 364 g/mol. The second kappa shape index (κ2) is 9.96. The van der Waals surface area contributed by atoms with Gasteiger partial charge in [0.2, 0.25) is 0 Å². The van der Waals surface area contributed by atoms with Gasteiger partial charge < -0.3 is 15.4 Å². The summed E-state index contributed by atoms with van der Waals surface area (Å²) >= 11 is 5.95. The number of nitrogens with one attached hydrogen (secondary N) is 2. The summed E-state index contributed by atoms with van der Waals surface area (Å²) in [7, 11) is 1.64. The minimum Gasteiger partial charge on any atom is -0.434 e. The predicted molar refractivity (Wildman–Crippen MR) is 97.7 cm³/mol. The number of rotatable bonds is 8. The molecule has 0 radical (unpaired) electrons. The van der Waals surface area contributed by atoms with E-state index in [9.17, 15) is 8.78 Å². The lowest BCUT2D eigenvalue weighted by atomic mass is 10.2. The highest BCUT2D eigenvalue weighted by molar-refractivity contribution is 6.30. The number of aliphatic imine (C=N–C) groups is 1. The third kappa shape index (κ3) is 6.51. The van der Waals surface area contributed by atoms with Crippen molar-refractivity contribution in [3.8, 4) is 5.75 Å². The molecule has 2 aromatic rings. The Morgan fingerprint density at radius 2 is 2.19 bits per heavy atom. The second-order valence-electron chi connectivity index (χ2n) is 5.77. The molecule has 1 unspecified atom stereocenters. The van der Waals surface area contributed by atoms with Crippen LogP contribution in [0.5, 0.6) is 5.75 Å². The van der Waals surface area contributed by atoms with Crippen LogP contribution < -0.4 is 15.4 Å². The molecule has 0 aliphatic carbocycles. The molecule has 0 fully saturated rings. The zero-order chi connectivity index (χ0) is 18.9. The van der Waals surface area contributed by atoms with Gasteiger partial charge in [0.15, 0.2) is 5.96 Å². The third-order valence-electron chi connectivity index (χ3n) is 3.58. The number of nitrogens with zero attached hydrogens (tertiary/aromatic N) is 3. The fourth-order valence-corrected chi connectivity index (χ4v) is 2.55. The number of hydrogen-bond acceptors (Lipinski definition) is 3. The van der Waals surface area contributed by atoms with Gasteiger partial charge in [0, 0.05) is 49.7 Å². The zero-order valence-corrected chi connectivity index (χ0v) is 15.4.